The van der Waals surface area contributed by atoms with Crippen LogP contribution in [0, 0.1) is 17.3 Å². The van der Waals surface area contributed by atoms with Crippen LogP contribution in [0.1, 0.15) is 61.6 Å². The summed E-state index contributed by atoms with van der Waals surface area (Å²) >= 11 is 0. The van der Waals surface area contributed by atoms with Crippen LogP contribution in [-0.4, -0.2) is 29.4 Å². The summed E-state index contributed by atoms with van der Waals surface area (Å²) in [6, 6.07) is 11.1. The molecule has 1 amide bonds. The molecule has 4 heteroatoms. The van der Waals surface area contributed by atoms with Crippen molar-refractivity contribution in [1.82, 2.24) is 9.88 Å². The summed E-state index contributed by atoms with van der Waals surface area (Å²) < 4.78 is 5.46. The van der Waals surface area contributed by atoms with Crippen LogP contribution in [0.2, 0.25) is 0 Å². The van der Waals surface area contributed by atoms with E-state index in [4.69, 9.17) is 4.74 Å². The number of hydrogen-bond acceptors (Lipinski definition) is 3. The Morgan fingerprint density at radius 2 is 2.13 bits per heavy atom. The minimum absolute atomic E-state index is 0.217. The molecule has 3 aliphatic carbocycles. The van der Waals surface area contributed by atoms with Crippen molar-refractivity contribution < 1.29 is 9.53 Å². The number of ether oxygens (including phenoxy) is 1. The maximum atomic E-state index is 12.1. The predicted octanol–water partition coefficient (Wildman–Crippen LogP) is 4.97. The zero-order valence-electron chi connectivity index (χ0n) is 18.1. The number of amides is 1. The fourth-order valence-corrected chi connectivity index (χ4v) is 7.13. The Kier molecular flexibility index (Phi) is 5.04. The van der Waals surface area contributed by atoms with Gasteiger partial charge in [-0.25, -0.2) is 0 Å². The van der Waals surface area contributed by atoms with Crippen molar-refractivity contribution in [3.63, 3.8) is 0 Å². The number of benzene rings is 1. The summed E-state index contributed by atoms with van der Waals surface area (Å²) in [4.78, 5) is 18.4. The van der Waals surface area contributed by atoms with Gasteiger partial charge in [0.25, 0.3) is 0 Å². The van der Waals surface area contributed by atoms with Crippen LogP contribution in [0.15, 0.2) is 42.7 Å². The third-order valence-corrected chi connectivity index (χ3v) is 8.51. The van der Waals surface area contributed by atoms with Crippen molar-refractivity contribution in [3.8, 4) is 5.75 Å². The third-order valence-electron chi connectivity index (χ3n) is 8.51. The first-order valence-corrected chi connectivity index (χ1v) is 11.4. The second kappa shape index (κ2) is 7.72. The Balaban J connectivity index is 1.39. The zero-order valence-corrected chi connectivity index (χ0v) is 18.1. The lowest BCUT2D eigenvalue weighted by atomic mass is 9.55. The van der Waals surface area contributed by atoms with Crippen LogP contribution in [0.25, 0.3) is 0 Å². The molecule has 5 rings (SSSR count). The maximum Gasteiger partial charge on any atom is 0.210 e. The molecule has 3 unspecified atom stereocenters. The van der Waals surface area contributed by atoms with Gasteiger partial charge < -0.3 is 9.64 Å². The highest BCUT2D eigenvalue weighted by Crippen LogP contribution is 2.61. The normalized spacial score (nSPS) is 31.9. The van der Waals surface area contributed by atoms with Gasteiger partial charge in [-0.05, 0) is 96.6 Å². The summed E-state index contributed by atoms with van der Waals surface area (Å²) in [5, 5.41) is 0. The first-order valence-electron chi connectivity index (χ1n) is 11.4. The Bertz CT molecular complexity index is 915. The summed E-state index contributed by atoms with van der Waals surface area (Å²) in [5.74, 6) is 3.08. The molecule has 4 nitrogen and oxygen atoms in total. The molecule has 0 N–H and O–H groups in total. The number of methoxy groups -OCH3 is 1. The van der Waals surface area contributed by atoms with E-state index in [0.29, 0.717) is 24.4 Å². The summed E-state index contributed by atoms with van der Waals surface area (Å²) in [5.41, 5.74) is 4.37. The van der Waals surface area contributed by atoms with Gasteiger partial charge in [0.15, 0.2) is 0 Å². The maximum absolute atomic E-state index is 12.1. The van der Waals surface area contributed by atoms with Crippen LogP contribution in [-0.2, 0) is 17.8 Å². The van der Waals surface area contributed by atoms with E-state index >= 15 is 0 Å². The van der Waals surface area contributed by atoms with Crippen molar-refractivity contribution in [2.75, 3.05) is 7.11 Å². The quantitative estimate of drug-likeness (QED) is 0.661. The number of aryl methyl sites for hydroxylation is 1. The van der Waals surface area contributed by atoms with Crippen molar-refractivity contribution in [3.05, 3.63) is 59.4 Å². The van der Waals surface area contributed by atoms with E-state index in [-0.39, 0.29) is 5.41 Å². The molecule has 0 aliphatic heterocycles. The molecule has 2 saturated carbocycles. The highest BCUT2D eigenvalue weighted by Gasteiger charge is 2.56. The summed E-state index contributed by atoms with van der Waals surface area (Å²) in [7, 11) is 1.75. The Labute approximate surface area is 179 Å². The first-order chi connectivity index (χ1) is 14.6. The number of rotatable bonds is 5. The molecule has 0 saturated heterocycles. The number of nitrogens with zero attached hydrogens (tertiary/aromatic N) is 2. The monoisotopic (exact) mass is 404 g/mol. The molecule has 158 valence electrons. The molecule has 1 aromatic heterocycles. The molecule has 0 spiro atoms. The molecule has 1 aromatic carbocycles. The fourth-order valence-electron chi connectivity index (χ4n) is 7.13. The van der Waals surface area contributed by atoms with Crippen LogP contribution < -0.4 is 4.74 Å². The zero-order chi connectivity index (χ0) is 20.7. The number of carbonyl (C=O) groups excluding carboxylic acids is 1. The fraction of sp³-hybridized carbons (Fsp3) is 0.538. The van der Waals surface area contributed by atoms with Crippen molar-refractivity contribution in [2.24, 2.45) is 17.3 Å². The van der Waals surface area contributed by atoms with Crippen LogP contribution in [0.3, 0.4) is 0 Å². The first kappa shape index (κ1) is 19.6. The van der Waals surface area contributed by atoms with E-state index in [2.05, 4.69) is 41.1 Å². The summed E-state index contributed by atoms with van der Waals surface area (Å²) in [6.45, 7) is 3.13. The van der Waals surface area contributed by atoms with Crippen LogP contribution in [0.5, 0.6) is 5.75 Å². The van der Waals surface area contributed by atoms with E-state index in [0.717, 1.165) is 36.5 Å². The lowest BCUT2D eigenvalue weighted by Crippen LogP contribution is -2.49. The number of pyridine rings is 1. The van der Waals surface area contributed by atoms with Gasteiger partial charge in [0.2, 0.25) is 6.41 Å². The Morgan fingerprint density at radius 1 is 1.23 bits per heavy atom. The number of fused-ring (bicyclic) bond motifs is 5. The second-order valence-electron chi connectivity index (χ2n) is 9.76. The minimum Gasteiger partial charge on any atom is -0.497 e. The smallest absolute Gasteiger partial charge is 0.210 e. The lowest BCUT2D eigenvalue weighted by Gasteiger charge is -2.52. The highest BCUT2D eigenvalue weighted by atomic mass is 16.5. The molecular weight excluding hydrogens is 372 g/mol. The SMILES string of the molecule is COc1ccc2c(c1)CCC1C2CC[C@@]2(C)C1CC[C@@H]2N(C=O)Cc1cccnc1. The van der Waals surface area contributed by atoms with Gasteiger partial charge >= 0.3 is 0 Å². The van der Waals surface area contributed by atoms with Gasteiger partial charge in [-0.15, -0.1) is 0 Å². The van der Waals surface area contributed by atoms with Gasteiger partial charge in [0.1, 0.15) is 5.75 Å². The standard InChI is InChI=1S/C26H32N2O2/c1-26-12-11-22-21-8-6-20(30-2)14-19(21)5-7-23(22)24(26)9-10-25(26)28(17-29)16-18-4-3-13-27-15-18/h3-4,6,8,13-15,17,22-25H,5,7,9-12,16H2,1-2H3/t22?,23?,24?,25-,26-/m0/s1. The van der Waals surface area contributed by atoms with Crippen LogP contribution in [0.4, 0.5) is 0 Å². The number of carbonyl (C=O) groups is 1. The van der Waals surface area contributed by atoms with Gasteiger partial charge in [-0.1, -0.05) is 19.1 Å². The van der Waals surface area contributed by atoms with Crippen molar-refractivity contribution in [1.29, 1.82) is 0 Å². The second-order valence-corrected chi connectivity index (χ2v) is 9.76. The molecule has 0 radical (unpaired) electrons. The molecule has 1 heterocycles. The number of hydrogen-bond donors (Lipinski definition) is 0. The molecule has 0 bridgehead atoms. The van der Waals surface area contributed by atoms with E-state index in [1.54, 1.807) is 18.9 Å². The highest BCUT2D eigenvalue weighted by molar-refractivity contribution is 5.49. The van der Waals surface area contributed by atoms with Gasteiger partial charge in [-0.3, -0.25) is 9.78 Å². The Hall–Kier alpha value is -2.36. The molecule has 5 atom stereocenters. The molecule has 2 aromatic rings. The Morgan fingerprint density at radius 3 is 2.90 bits per heavy atom. The van der Waals surface area contributed by atoms with Gasteiger partial charge in [0, 0.05) is 25.0 Å². The average Bonchev–Trinajstić information content (AvgIpc) is 3.14. The van der Waals surface area contributed by atoms with Crippen molar-refractivity contribution >= 4 is 6.41 Å². The number of aromatic nitrogens is 1. The van der Waals surface area contributed by atoms with E-state index < -0.39 is 0 Å². The molecular formula is C26H32N2O2. The lowest BCUT2D eigenvalue weighted by molar-refractivity contribution is -0.124. The molecule has 3 aliphatic rings. The molecule has 2 fully saturated rings. The third kappa shape index (κ3) is 3.12. The molecule has 30 heavy (non-hydrogen) atoms. The van der Waals surface area contributed by atoms with E-state index in [9.17, 15) is 4.79 Å². The largest absolute Gasteiger partial charge is 0.497 e. The average molecular weight is 405 g/mol. The van der Waals surface area contributed by atoms with Gasteiger partial charge in [-0.2, -0.15) is 0 Å². The summed E-state index contributed by atoms with van der Waals surface area (Å²) in [6.07, 6.45) is 12.0. The topological polar surface area (TPSA) is 42.4 Å². The van der Waals surface area contributed by atoms with E-state index in [1.165, 1.54) is 31.2 Å². The van der Waals surface area contributed by atoms with E-state index in [1.807, 2.05) is 12.3 Å². The minimum atomic E-state index is 0.217. The van der Waals surface area contributed by atoms with Crippen LogP contribution >= 0.6 is 0 Å². The predicted molar refractivity (Wildman–Crippen MR) is 117 cm³/mol. The van der Waals surface area contributed by atoms with Gasteiger partial charge in [0.05, 0.1) is 7.11 Å². The van der Waals surface area contributed by atoms with Crippen molar-refractivity contribution in [2.45, 2.75) is 64.0 Å².